The highest BCUT2D eigenvalue weighted by Crippen LogP contribution is 2.28. The number of anilines is 1. The van der Waals surface area contributed by atoms with Gasteiger partial charge in [0.15, 0.2) is 0 Å². The van der Waals surface area contributed by atoms with Gasteiger partial charge in [0, 0.05) is 19.2 Å². The van der Waals surface area contributed by atoms with Crippen LogP contribution in [0.2, 0.25) is 0 Å². The van der Waals surface area contributed by atoms with Gasteiger partial charge >= 0.3 is 0 Å². The second kappa shape index (κ2) is 7.02. The van der Waals surface area contributed by atoms with E-state index in [1.54, 1.807) is 11.3 Å². The van der Waals surface area contributed by atoms with Crippen molar-refractivity contribution in [2.24, 2.45) is 5.92 Å². The highest BCUT2D eigenvalue weighted by Gasteiger charge is 2.16. The molecule has 0 aromatic carbocycles. The maximum Gasteiger partial charge on any atom is 0.205 e. The lowest BCUT2D eigenvalue weighted by Crippen LogP contribution is -2.08. The van der Waals surface area contributed by atoms with Crippen molar-refractivity contribution in [1.29, 1.82) is 0 Å². The molecule has 0 bridgehead atoms. The third-order valence-electron chi connectivity index (χ3n) is 4.18. The first-order valence-electron chi connectivity index (χ1n) is 7.92. The van der Waals surface area contributed by atoms with E-state index in [9.17, 15) is 0 Å². The lowest BCUT2D eigenvalue weighted by Gasteiger charge is -2.19. The molecular weight excluding hydrogens is 282 g/mol. The number of hydrogen-bond acceptors (Lipinski definition) is 5. The number of nitrogens with zero attached hydrogens (tertiary/aromatic N) is 4. The Labute approximate surface area is 129 Å². The van der Waals surface area contributed by atoms with E-state index in [1.165, 1.54) is 42.8 Å². The molecule has 1 aliphatic rings. The van der Waals surface area contributed by atoms with Crippen molar-refractivity contribution in [2.75, 3.05) is 5.32 Å². The Morgan fingerprint density at radius 2 is 2.14 bits per heavy atom. The standard InChI is InChI=1S/C15H23N5S/c1-2-20-13(8-9-17-20)11-16-15-19-18-14(21-15)10-12-6-4-3-5-7-12/h8-9,12H,2-7,10-11H2,1H3,(H,16,19). The summed E-state index contributed by atoms with van der Waals surface area (Å²) in [7, 11) is 0. The molecule has 2 heterocycles. The van der Waals surface area contributed by atoms with Crippen LogP contribution in [0, 0.1) is 5.92 Å². The molecule has 0 radical (unpaired) electrons. The van der Waals surface area contributed by atoms with Crippen LogP contribution in [0.5, 0.6) is 0 Å². The van der Waals surface area contributed by atoms with Crippen LogP contribution in [0.15, 0.2) is 12.3 Å². The summed E-state index contributed by atoms with van der Waals surface area (Å²) in [5.41, 5.74) is 1.18. The Morgan fingerprint density at radius 1 is 1.29 bits per heavy atom. The Balaban J connectivity index is 1.52. The van der Waals surface area contributed by atoms with Gasteiger partial charge in [-0.25, -0.2) is 0 Å². The van der Waals surface area contributed by atoms with Crippen molar-refractivity contribution in [3.05, 3.63) is 23.0 Å². The molecule has 0 unspecified atom stereocenters. The molecule has 0 spiro atoms. The van der Waals surface area contributed by atoms with Crippen LogP contribution >= 0.6 is 11.3 Å². The van der Waals surface area contributed by atoms with Crippen molar-refractivity contribution in [3.8, 4) is 0 Å². The van der Waals surface area contributed by atoms with Gasteiger partial charge in [0.2, 0.25) is 5.13 Å². The summed E-state index contributed by atoms with van der Waals surface area (Å²) in [4.78, 5) is 0. The summed E-state index contributed by atoms with van der Waals surface area (Å²) in [6, 6.07) is 2.04. The van der Waals surface area contributed by atoms with Crippen molar-refractivity contribution >= 4 is 16.5 Å². The molecule has 0 amide bonds. The second-order valence-corrected chi connectivity index (χ2v) is 6.76. The Morgan fingerprint density at radius 3 is 2.95 bits per heavy atom. The second-order valence-electron chi connectivity index (χ2n) is 5.70. The zero-order valence-corrected chi connectivity index (χ0v) is 13.4. The highest BCUT2D eigenvalue weighted by molar-refractivity contribution is 7.15. The summed E-state index contributed by atoms with van der Waals surface area (Å²) in [6.07, 6.45) is 9.84. The summed E-state index contributed by atoms with van der Waals surface area (Å²) >= 11 is 1.70. The van der Waals surface area contributed by atoms with Crippen molar-refractivity contribution in [3.63, 3.8) is 0 Å². The van der Waals surface area contributed by atoms with Crippen LogP contribution in [0.25, 0.3) is 0 Å². The number of nitrogens with one attached hydrogen (secondary N) is 1. The maximum absolute atomic E-state index is 4.34. The van der Waals surface area contributed by atoms with Gasteiger partial charge in [-0.1, -0.05) is 43.4 Å². The van der Waals surface area contributed by atoms with Gasteiger partial charge in [0.1, 0.15) is 5.01 Å². The molecule has 114 valence electrons. The minimum Gasteiger partial charge on any atom is -0.354 e. The van der Waals surface area contributed by atoms with Crippen LogP contribution in [0.4, 0.5) is 5.13 Å². The summed E-state index contributed by atoms with van der Waals surface area (Å²) < 4.78 is 2.00. The average Bonchev–Trinajstić information content (AvgIpc) is 3.15. The third-order valence-corrected chi connectivity index (χ3v) is 5.08. The van der Waals surface area contributed by atoms with Gasteiger partial charge in [0.25, 0.3) is 0 Å². The summed E-state index contributed by atoms with van der Waals surface area (Å²) in [6.45, 7) is 3.75. The van der Waals surface area contributed by atoms with Gasteiger partial charge in [-0.15, -0.1) is 10.2 Å². The molecule has 6 heteroatoms. The molecule has 0 aliphatic heterocycles. The van der Waals surface area contributed by atoms with E-state index >= 15 is 0 Å². The molecule has 1 fully saturated rings. The van der Waals surface area contributed by atoms with Gasteiger partial charge < -0.3 is 5.32 Å². The third kappa shape index (κ3) is 3.81. The zero-order chi connectivity index (χ0) is 14.5. The van der Waals surface area contributed by atoms with Gasteiger partial charge in [0.05, 0.1) is 12.2 Å². The van der Waals surface area contributed by atoms with E-state index in [4.69, 9.17) is 0 Å². The minimum absolute atomic E-state index is 0.756. The van der Waals surface area contributed by atoms with E-state index < -0.39 is 0 Å². The van der Waals surface area contributed by atoms with Crippen molar-refractivity contribution < 1.29 is 0 Å². The molecule has 2 aromatic rings. The van der Waals surface area contributed by atoms with E-state index in [-0.39, 0.29) is 0 Å². The highest BCUT2D eigenvalue weighted by atomic mass is 32.1. The molecule has 2 aromatic heterocycles. The number of aromatic nitrogens is 4. The first-order chi connectivity index (χ1) is 10.3. The first-order valence-corrected chi connectivity index (χ1v) is 8.73. The Hall–Kier alpha value is -1.43. The first kappa shape index (κ1) is 14.5. The van der Waals surface area contributed by atoms with Crippen LogP contribution < -0.4 is 5.32 Å². The van der Waals surface area contributed by atoms with E-state index in [0.717, 1.165) is 30.6 Å². The smallest absolute Gasteiger partial charge is 0.205 e. The largest absolute Gasteiger partial charge is 0.354 e. The number of rotatable bonds is 6. The summed E-state index contributed by atoms with van der Waals surface area (Å²) in [5.74, 6) is 0.820. The molecule has 0 atom stereocenters. The monoisotopic (exact) mass is 305 g/mol. The molecule has 1 N–H and O–H groups in total. The lowest BCUT2D eigenvalue weighted by molar-refractivity contribution is 0.356. The SMILES string of the molecule is CCn1nccc1CNc1nnc(CC2CCCCC2)s1. The number of aryl methyl sites for hydroxylation is 1. The van der Waals surface area contributed by atoms with E-state index in [2.05, 4.69) is 27.5 Å². The van der Waals surface area contributed by atoms with Crippen LogP contribution in [-0.2, 0) is 19.5 Å². The zero-order valence-electron chi connectivity index (χ0n) is 12.6. The van der Waals surface area contributed by atoms with E-state index in [1.807, 2.05) is 16.9 Å². The molecule has 21 heavy (non-hydrogen) atoms. The van der Waals surface area contributed by atoms with Crippen LogP contribution in [0.3, 0.4) is 0 Å². The van der Waals surface area contributed by atoms with Crippen molar-refractivity contribution in [2.45, 2.75) is 58.5 Å². The summed E-state index contributed by atoms with van der Waals surface area (Å²) in [5, 5.41) is 18.3. The molecule has 0 saturated heterocycles. The number of hydrogen-bond donors (Lipinski definition) is 1. The average molecular weight is 305 g/mol. The fourth-order valence-corrected chi connectivity index (χ4v) is 3.86. The van der Waals surface area contributed by atoms with Crippen LogP contribution in [0.1, 0.15) is 49.7 Å². The molecule has 1 aliphatic carbocycles. The van der Waals surface area contributed by atoms with Gasteiger partial charge in [-0.2, -0.15) is 5.10 Å². The quantitative estimate of drug-likeness (QED) is 0.887. The lowest BCUT2D eigenvalue weighted by atomic mass is 9.87. The normalized spacial score (nSPS) is 16.2. The van der Waals surface area contributed by atoms with E-state index in [0.29, 0.717) is 0 Å². The molecule has 1 saturated carbocycles. The minimum atomic E-state index is 0.756. The van der Waals surface area contributed by atoms with Crippen LogP contribution in [-0.4, -0.2) is 20.0 Å². The topological polar surface area (TPSA) is 55.6 Å². The molecule has 5 nitrogen and oxygen atoms in total. The Kier molecular flexibility index (Phi) is 4.85. The molecule has 3 rings (SSSR count). The predicted octanol–water partition coefficient (Wildman–Crippen LogP) is 3.49. The fourth-order valence-electron chi connectivity index (χ4n) is 3.01. The maximum atomic E-state index is 4.34. The predicted molar refractivity (Wildman–Crippen MR) is 85.4 cm³/mol. The Bertz CT molecular complexity index is 556. The molecular formula is C15H23N5S. The fraction of sp³-hybridized carbons (Fsp3) is 0.667. The van der Waals surface area contributed by atoms with Gasteiger partial charge in [-0.05, 0) is 18.9 Å². The van der Waals surface area contributed by atoms with Crippen molar-refractivity contribution in [1.82, 2.24) is 20.0 Å². The van der Waals surface area contributed by atoms with Gasteiger partial charge in [-0.3, -0.25) is 4.68 Å².